The number of pyridine rings is 1. The van der Waals surface area contributed by atoms with Crippen molar-refractivity contribution in [1.82, 2.24) is 4.98 Å². The number of nitrogens with zero attached hydrogens (tertiary/aromatic N) is 1. The number of aryl methyl sites for hydroxylation is 1. The van der Waals surface area contributed by atoms with Crippen LogP contribution >= 0.6 is 11.6 Å². The molecule has 0 saturated carbocycles. The van der Waals surface area contributed by atoms with Crippen LogP contribution in [0, 0.1) is 0 Å². The Morgan fingerprint density at radius 3 is 2.72 bits per heavy atom. The Morgan fingerprint density at radius 1 is 1.03 bits per heavy atom. The molecule has 0 radical (unpaired) electrons. The van der Waals surface area contributed by atoms with Crippen LogP contribution in [0.2, 0.25) is 5.02 Å². The zero-order chi connectivity index (χ0) is 27.2. The number of ether oxygens (including phenoxy) is 2. The molecule has 1 fully saturated rings. The fourth-order valence-electron chi connectivity index (χ4n) is 5.23. The zero-order valence-corrected chi connectivity index (χ0v) is 23.4. The first-order valence-electron chi connectivity index (χ1n) is 13.8. The smallest absolute Gasteiger partial charge is 0.158 e. The number of hydrogen-bond acceptors (Lipinski definition) is 4. The van der Waals surface area contributed by atoms with E-state index in [1.54, 1.807) is 0 Å². The first-order chi connectivity index (χ1) is 18.9. The second kappa shape index (κ2) is 12.4. The van der Waals surface area contributed by atoms with Crippen molar-refractivity contribution in [3.8, 4) is 0 Å². The predicted molar refractivity (Wildman–Crippen MR) is 160 cm³/mol. The molecule has 1 aliphatic rings. The maximum absolute atomic E-state index is 11.1. The first-order valence-corrected chi connectivity index (χ1v) is 14.2. The van der Waals surface area contributed by atoms with Gasteiger partial charge in [0, 0.05) is 17.0 Å². The molecule has 3 aromatic carbocycles. The van der Waals surface area contributed by atoms with Crippen molar-refractivity contribution < 1.29 is 14.6 Å². The van der Waals surface area contributed by atoms with Gasteiger partial charge in [-0.15, -0.1) is 0 Å². The fraction of sp³-hybridized carbons (Fsp3) is 0.324. The Hall–Kier alpha value is -3.02. The van der Waals surface area contributed by atoms with Gasteiger partial charge in [0.05, 0.1) is 22.9 Å². The van der Waals surface area contributed by atoms with Crippen molar-refractivity contribution in [1.29, 1.82) is 0 Å². The van der Waals surface area contributed by atoms with Crippen LogP contribution in [-0.2, 0) is 21.5 Å². The number of halogens is 1. The Bertz CT molecular complexity index is 1440. The first kappa shape index (κ1) is 27.5. The third kappa shape index (κ3) is 7.14. The molecule has 0 aliphatic carbocycles. The molecule has 1 aliphatic heterocycles. The predicted octanol–water partition coefficient (Wildman–Crippen LogP) is 8.50. The standard InChI is InChI=1S/C34H36ClNO3/c1-34(2,39-33-12-5-6-21-38-33)30-11-4-3-9-25(30)16-20-32(37)27-10-7-8-24(22-27)13-18-29-19-15-26-14-17-28(35)23-31(26)36-29/h3-4,7-11,13-15,17-19,22-23,32-33,37H,5-6,12,16,20-21H2,1-2H3/b18-13+/t32-,33?/m0/s1. The third-order valence-electron chi connectivity index (χ3n) is 7.33. The van der Waals surface area contributed by atoms with Crippen LogP contribution in [0.25, 0.3) is 23.1 Å². The Labute approximate surface area is 236 Å². The van der Waals surface area contributed by atoms with Crippen LogP contribution in [-0.4, -0.2) is 23.0 Å². The van der Waals surface area contributed by atoms with Gasteiger partial charge in [-0.25, -0.2) is 4.98 Å². The summed E-state index contributed by atoms with van der Waals surface area (Å²) in [5, 5.41) is 12.8. The van der Waals surface area contributed by atoms with Crippen LogP contribution in [0.5, 0.6) is 0 Å². The second-order valence-electron chi connectivity index (χ2n) is 10.7. The van der Waals surface area contributed by atoms with E-state index in [1.807, 2.05) is 66.7 Å². The average molecular weight is 542 g/mol. The minimum absolute atomic E-state index is 0.161. The van der Waals surface area contributed by atoms with Gasteiger partial charge < -0.3 is 14.6 Å². The lowest BCUT2D eigenvalue weighted by Crippen LogP contribution is -2.33. The summed E-state index contributed by atoms with van der Waals surface area (Å²) in [5.41, 5.74) is 5.50. The van der Waals surface area contributed by atoms with Gasteiger partial charge in [-0.2, -0.15) is 0 Å². The maximum atomic E-state index is 11.1. The van der Waals surface area contributed by atoms with E-state index >= 15 is 0 Å². The van der Waals surface area contributed by atoms with E-state index in [2.05, 4.69) is 38.1 Å². The number of hydrogen-bond donors (Lipinski definition) is 1. The molecule has 5 heteroatoms. The summed E-state index contributed by atoms with van der Waals surface area (Å²) in [6, 6.07) is 26.2. The van der Waals surface area contributed by atoms with E-state index in [0.29, 0.717) is 11.4 Å². The second-order valence-corrected chi connectivity index (χ2v) is 11.1. The molecular weight excluding hydrogens is 506 g/mol. The summed E-state index contributed by atoms with van der Waals surface area (Å²) in [4.78, 5) is 4.70. The van der Waals surface area contributed by atoms with Crippen molar-refractivity contribution in [3.63, 3.8) is 0 Å². The molecule has 1 unspecified atom stereocenters. The summed E-state index contributed by atoms with van der Waals surface area (Å²) in [5.74, 6) is 0. The number of benzene rings is 3. The van der Waals surface area contributed by atoms with Gasteiger partial charge in [0.1, 0.15) is 0 Å². The Kier molecular flexibility index (Phi) is 8.79. The van der Waals surface area contributed by atoms with Gasteiger partial charge in [-0.1, -0.05) is 72.3 Å². The summed E-state index contributed by atoms with van der Waals surface area (Å²) in [6.07, 6.45) is 7.81. The lowest BCUT2D eigenvalue weighted by Gasteiger charge is -2.34. The minimum atomic E-state index is -0.571. The van der Waals surface area contributed by atoms with E-state index in [9.17, 15) is 5.11 Å². The van der Waals surface area contributed by atoms with Crippen LogP contribution in [0.1, 0.15) is 73.6 Å². The van der Waals surface area contributed by atoms with Crippen molar-refractivity contribution in [2.75, 3.05) is 6.61 Å². The highest BCUT2D eigenvalue weighted by atomic mass is 35.5. The average Bonchev–Trinajstić information content (AvgIpc) is 2.95. The van der Waals surface area contributed by atoms with Crippen molar-refractivity contribution >= 4 is 34.7 Å². The molecule has 4 nitrogen and oxygen atoms in total. The summed E-state index contributed by atoms with van der Waals surface area (Å²) in [7, 11) is 0. The Balaban J connectivity index is 1.25. The highest BCUT2D eigenvalue weighted by Crippen LogP contribution is 2.33. The molecule has 0 bridgehead atoms. The van der Waals surface area contributed by atoms with Crippen molar-refractivity contribution in [3.05, 3.63) is 112 Å². The number of aliphatic hydroxyl groups is 1. The van der Waals surface area contributed by atoms with Gasteiger partial charge >= 0.3 is 0 Å². The van der Waals surface area contributed by atoms with Gasteiger partial charge in [-0.3, -0.25) is 0 Å². The molecule has 0 spiro atoms. The quantitative estimate of drug-likeness (QED) is 0.231. The lowest BCUT2D eigenvalue weighted by atomic mass is 9.89. The molecule has 39 heavy (non-hydrogen) atoms. The third-order valence-corrected chi connectivity index (χ3v) is 7.57. The van der Waals surface area contributed by atoms with Crippen LogP contribution in [0.3, 0.4) is 0 Å². The fourth-order valence-corrected chi connectivity index (χ4v) is 5.40. The van der Waals surface area contributed by atoms with E-state index < -0.39 is 11.7 Å². The monoisotopic (exact) mass is 541 g/mol. The van der Waals surface area contributed by atoms with Crippen molar-refractivity contribution in [2.45, 2.75) is 63.9 Å². The summed E-state index contributed by atoms with van der Waals surface area (Å²) >= 11 is 6.13. The van der Waals surface area contributed by atoms with Gasteiger partial charge in [0.15, 0.2) is 6.29 Å². The van der Waals surface area contributed by atoms with E-state index in [-0.39, 0.29) is 6.29 Å². The highest BCUT2D eigenvalue weighted by molar-refractivity contribution is 6.31. The van der Waals surface area contributed by atoms with Crippen LogP contribution < -0.4 is 0 Å². The number of aliphatic hydroxyl groups excluding tert-OH is 1. The maximum Gasteiger partial charge on any atom is 0.158 e. The van der Waals surface area contributed by atoms with E-state index in [4.69, 9.17) is 26.1 Å². The molecule has 1 N–H and O–H groups in total. The topological polar surface area (TPSA) is 51.6 Å². The molecule has 2 heterocycles. The number of aromatic nitrogens is 1. The van der Waals surface area contributed by atoms with Gasteiger partial charge in [0.2, 0.25) is 0 Å². The van der Waals surface area contributed by atoms with E-state index in [1.165, 1.54) is 5.56 Å². The normalized spacial score (nSPS) is 17.1. The molecular formula is C34H36ClNO3. The van der Waals surface area contributed by atoms with Gasteiger partial charge in [-0.05, 0) is 98.5 Å². The molecule has 0 amide bonds. The SMILES string of the molecule is CC(C)(OC1CCCCO1)c1ccccc1CC[C@H](O)c1cccc(/C=C/c2ccc3ccc(Cl)cc3n2)c1. The largest absolute Gasteiger partial charge is 0.388 e. The van der Waals surface area contributed by atoms with Crippen molar-refractivity contribution in [2.24, 2.45) is 0 Å². The molecule has 202 valence electrons. The van der Waals surface area contributed by atoms with E-state index in [0.717, 1.165) is 65.6 Å². The molecule has 4 aromatic rings. The molecule has 1 saturated heterocycles. The minimum Gasteiger partial charge on any atom is -0.388 e. The summed E-state index contributed by atoms with van der Waals surface area (Å²) in [6.45, 7) is 4.97. The number of fused-ring (bicyclic) bond motifs is 1. The molecule has 2 atom stereocenters. The van der Waals surface area contributed by atoms with Crippen LogP contribution in [0.4, 0.5) is 0 Å². The Morgan fingerprint density at radius 2 is 1.87 bits per heavy atom. The zero-order valence-electron chi connectivity index (χ0n) is 22.6. The van der Waals surface area contributed by atoms with Gasteiger partial charge in [0.25, 0.3) is 0 Å². The van der Waals surface area contributed by atoms with Crippen LogP contribution in [0.15, 0.2) is 78.9 Å². The highest BCUT2D eigenvalue weighted by Gasteiger charge is 2.29. The summed E-state index contributed by atoms with van der Waals surface area (Å²) < 4.78 is 12.2. The number of rotatable bonds is 9. The molecule has 1 aromatic heterocycles. The lowest BCUT2D eigenvalue weighted by molar-refractivity contribution is -0.219. The molecule has 5 rings (SSSR count).